The highest BCUT2D eigenvalue weighted by Crippen LogP contribution is 2.21. The molecular weight excluding hydrogens is 198 g/mol. The molecule has 0 saturated heterocycles. The number of ketones is 1. The summed E-state index contributed by atoms with van der Waals surface area (Å²) < 4.78 is 15.6. The summed E-state index contributed by atoms with van der Waals surface area (Å²) in [7, 11) is 0. The van der Waals surface area contributed by atoms with E-state index in [1.54, 1.807) is 13.8 Å². The summed E-state index contributed by atoms with van der Waals surface area (Å²) in [6.45, 7) is 5.18. The van der Waals surface area contributed by atoms with E-state index in [1.165, 1.54) is 0 Å². The first-order valence-corrected chi connectivity index (χ1v) is 4.99. The van der Waals surface area contributed by atoms with Crippen LogP contribution in [0.5, 0.6) is 0 Å². The van der Waals surface area contributed by atoms with Gasteiger partial charge in [-0.05, 0) is 13.8 Å². The normalized spacial score (nSPS) is 20.7. The Morgan fingerprint density at radius 1 is 1.40 bits per heavy atom. The average molecular weight is 215 g/mol. The lowest BCUT2D eigenvalue weighted by Gasteiger charge is -2.05. The number of carbonyl (C=O) groups is 1. The van der Waals surface area contributed by atoms with E-state index in [-0.39, 0.29) is 5.78 Å². The largest absolute Gasteiger partial charge is 0.484 e. The van der Waals surface area contributed by atoms with Gasteiger partial charge in [-0.1, -0.05) is 0 Å². The number of carbonyl (C=O) groups excluding carboxylic acids is 1. The van der Waals surface area contributed by atoms with Crippen molar-refractivity contribution in [2.75, 3.05) is 26.4 Å². The molecule has 1 aliphatic rings. The lowest BCUT2D eigenvalue weighted by atomic mass is 10.2. The predicted octanol–water partition coefficient (Wildman–Crippen LogP) is 0.198. The number of hydrogen-bond donors (Lipinski definition) is 1. The number of Topliss-reactive ketones (excluding diaryl/α,β-unsaturated/α-hetero) is 1. The first kappa shape index (κ1) is 12.0. The average Bonchev–Trinajstić information content (AvgIpc) is 2.44. The Balaban J connectivity index is 2.26. The molecular formula is C10H17NO4. The molecule has 0 aromatic heterocycles. The molecule has 1 aliphatic heterocycles. The van der Waals surface area contributed by atoms with Gasteiger partial charge >= 0.3 is 0 Å². The fourth-order valence-corrected chi connectivity index (χ4v) is 1.29. The third-order valence-corrected chi connectivity index (χ3v) is 2.00. The zero-order valence-corrected chi connectivity index (χ0v) is 9.12. The number of rotatable bonds is 6. The van der Waals surface area contributed by atoms with Gasteiger partial charge in [0.25, 0.3) is 0 Å². The van der Waals surface area contributed by atoms with Gasteiger partial charge in [0.2, 0.25) is 11.5 Å². The molecule has 0 bridgehead atoms. The van der Waals surface area contributed by atoms with Gasteiger partial charge < -0.3 is 19.9 Å². The second kappa shape index (κ2) is 5.72. The van der Waals surface area contributed by atoms with Crippen molar-refractivity contribution in [3.8, 4) is 0 Å². The van der Waals surface area contributed by atoms with Crippen molar-refractivity contribution in [2.45, 2.75) is 20.0 Å². The number of nitrogens with two attached hydrogens (primary N) is 1. The summed E-state index contributed by atoms with van der Waals surface area (Å²) >= 11 is 0. The fraction of sp³-hybridized carbons (Fsp3) is 0.700. The molecule has 2 N–H and O–H groups in total. The molecule has 1 atom stereocenters. The third kappa shape index (κ3) is 3.21. The Morgan fingerprint density at radius 3 is 2.67 bits per heavy atom. The molecule has 0 aromatic rings. The zero-order chi connectivity index (χ0) is 11.3. The van der Waals surface area contributed by atoms with E-state index in [0.717, 1.165) is 0 Å². The van der Waals surface area contributed by atoms with Crippen molar-refractivity contribution in [1.82, 2.24) is 0 Å². The molecule has 5 heteroatoms. The molecule has 1 unspecified atom stereocenters. The van der Waals surface area contributed by atoms with Crippen LogP contribution in [0.15, 0.2) is 11.5 Å². The van der Waals surface area contributed by atoms with E-state index >= 15 is 0 Å². The predicted molar refractivity (Wildman–Crippen MR) is 54.1 cm³/mol. The van der Waals surface area contributed by atoms with E-state index in [2.05, 4.69) is 0 Å². The molecule has 0 fully saturated rings. The minimum atomic E-state index is -0.426. The standard InChI is InChI=1S/C10H17NO4/c1-7-9(12)10(8(2)15-7)14-6-5-13-4-3-11/h7H,3-6,11H2,1-2H3. The summed E-state index contributed by atoms with van der Waals surface area (Å²) in [4.78, 5) is 11.5. The molecule has 0 aromatic carbocycles. The molecule has 86 valence electrons. The summed E-state index contributed by atoms with van der Waals surface area (Å²) in [5.41, 5.74) is 5.25. The lowest BCUT2D eigenvalue weighted by molar-refractivity contribution is -0.123. The van der Waals surface area contributed by atoms with Gasteiger partial charge in [-0.25, -0.2) is 0 Å². The van der Waals surface area contributed by atoms with Crippen LogP contribution in [0.2, 0.25) is 0 Å². The molecule has 1 rings (SSSR count). The molecule has 5 nitrogen and oxygen atoms in total. The Labute approximate surface area is 89.2 Å². The Hall–Kier alpha value is -1.07. The van der Waals surface area contributed by atoms with Crippen LogP contribution in [0.3, 0.4) is 0 Å². The first-order valence-electron chi connectivity index (χ1n) is 4.99. The summed E-state index contributed by atoms with van der Waals surface area (Å²) in [6, 6.07) is 0. The van der Waals surface area contributed by atoms with Crippen molar-refractivity contribution < 1.29 is 19.0 Å². The second-order valence-corrected chi connectivity index (χ2v) is 3.26. The summed E-state index contributed by atoms with van der Waals surface area (Å²) in [5.74, 6) is 0.761. The van der Waals surface area contributed by atoms with Crippen molar-refractivity contribution in [3.63, 3.8) is 0 Å². The van der Waals surface area contributed by atoms with Crippen molar-refractivity contribution in [3.05, 3.63) is 11.5 Å². The van der Waals surface area contributed by atoms with Gasteiger partial charge in [0.15, 0.2) is 6.10 Å². The maximum atomic E-state index is 11.5. The van der Waals surface area contributed by atoms with Crippen molar-refractivity contribution in [1.29, 1.82) is 0 Å². The Kier molecular flexibility index (Phi) is 4.58. The minimum Gasteiger partial charge on any atom is -0.484 e. The van der Waals surface area contributed by atoms with Gasteiger partial charge in [0.1, 0.15) is 12.4 Å². The van der Waals surface area contributed by atoms with Crippen LogP contribution in [0, 0.1) is 0 Å². The highest BCUT2D eigenvalue weighted by atomic mass is 16.6. The number of hydrogen-bond acceptors (Lipinski definition) is 5. The third-order valence-electron chi connectivity index (χ3n) is 2.00. The number of allylic oxidation sites excluding steroid dienone is 1. The van der Waals surface area contributed by atoms with Crippen LogP contribution in [0.4, 0.5) is 0 Å². The van der Waals surface area contributed by atoms with E-state index < -0.39 is 6.10 Å². The van der Waals surface area contributed by atoms with Crippen molar-refractivity contribution >= 4 is 5.78 Å². The van der Waals surface area contributed by atoms with Gasteiger partial charge in [-0.15, -0.1) is 0 Å². The maximum absolute atomic E-state index is 11.5. The summed E-state index contributed by atoms with van der Waals surface area (Å²) in [5, 5.41) is 0. The molecule has 1 heterocycles. The molecule has 0 saturated carbocycles. The van der Waals surface area contributed by atoms with Gasteiger partial charge in [-0.3, -0.25) is 4.79 Å². The minimum absolute atomic E-state index is 0.105. The molecule has 15 heavy (non-hydrogen) atoms. The molecule has 0 amide bonds. The lowest BCUT2D eigenvalue weighted by Crippen LogP contribution is -2.17. The SMILES string of the molecule is CC1=C(OCCOCCN)C(=O)C(C)O1. The van der Waals surface area contributed by atoms with Gasteiger partial charge in [-0.2, -0.15) is 0 Å². The van der Waals surface area contributed by atoms with Crippen LogP contribution >= 0.6 is 0 Å². The highest BCUT2D eigenvalue weighted by molar-refractivity contribution is 5.99. The van der Waals surface area contributed by atoms with Crippen LogP contribution < -0.4 is 5.73 Å². The van der Waals surface area contributed by atoms with Crippen LogP contribution in [0.25, 0.3) is 0 Å². The topological polar surface area (TPSA) is 70.8 Å². The monoisotopic (exact) mass is 215 g/mol. The second-order valence-electron chi connectivity index (χ2n) is 3.26. The van der Waals surface area contributed by atoms with E-state index in [0.29, 0.717) is 37.9 Å². The van der Waals surface area contributed by atoms with E-state index in [1.807, 2.05) is 0 Å². The van der Waals surface area contributed by atoms with Crippen LogP contribution in [-0.2, 0) is 19.0 Å². The highest BCUT2D eigenvalue weighted by Gasteiger charge is 2.30. The van der Waals surface area contributed by atoms with E-state index in [9.17, 15) is 4.79 Å². The molecule has 0 aliphatic carbocycles. The molecule has 0 spiro atoms. The van der Waals surface area contributed by atoms with Gasteiger partial charge in [0, 0.05) is 6.54 Å². The van der Waals surface area contributed by atoms with Crippen LogP contribution in [-0.4, -0.2) is 38.3 Å². The number of ether oxygens (including phenoxy) is 3. The molecule has 0 radical (unpaired) electrons. The fourth-order valence-electron chi connectivity index (χ4n) is 1.29. The van der Waals surface area contributed by atoms with Crippen LogP contribution in [0.1, 0.15) is 13.8 Å². The Morgan fingerprint density at radius 2 is 2.13 bits per heavy atom. The first-order chi connectivity index (χ1) is 7.16. The zero-order valence-electron chi connectivity index (χ0n) is 9.12. The summed E-state index contributed by atoms with van der Waals surface area (Å²) in [6.07, 6.45) is -0.426. The maximum Gasteiger partial charge on any atom is 0.240 e. The van der Waals surface area contributed by atoms with Gasteiger partial charge in [0.05, 0.1) is 13.2 Å². The smallest absolute Gasteiger partial charge is 0.240 e. The quantitative estimate of drug-likeness (QED) is 0.641. The Bertz CT molecular complexity index is 262. The van der Waals surface area contributed by atoms with Crippen molar-refractivity contribution in [2.24, 2.45) is 5.73 Å². The van der Waals surface area contributed by atoms with E-state index in [4.69, 9.17) is 19.9 Å².